The van der Waals surface area contributed by atoms with Crippen molar-refractivity contribution < 1.29 is 19.1 Å². The van der Waals surface area contributed by atoms with Crippen LogP contribution in [0.3, 0.4) is 0 Å². The second-order valence-electron chi connectivity index (χ2n) is 4.28. The van der Waals surface area contributed by atoms with Gasteiger partial charge in [-0.25, -0.2) is 9.59 Å². The fourth-order valence-corrected chi connectivity index (χ4v) is 2.35. The predicted octanol–water partition coefficient (Wildman–Crippen LogP) is 1.64. The van der Waals surface area contributed by atoms with Crippen molar-refractivity contribution >= 4 is 25.8 Å². The van der Waals surface area contributed by atoms with E-state index in [1.165, 1.54) is 6.07 Å². The van der Waals surface area contributed by atoms with Crippen LogP contribution in [-0.4, -0.2) is 43.7 Å². The summed E-state index contributed by atoms with van der Waals surface area (Å²) in [5.74, 6) is -0.935. The molecule has 1 rings (SSSR count). The summed E-state index contributed by atoms with van der Waals surface area (Å²) in [4.78, 5) is 23.6. The first-order valence-corrected chi connectivity index (χ1v) is 8.36. The molecule has 0 saturated carbocycles. The minimum Gasteiger partial charge on any atom is -0.462 e. The second-order valence-corrected chi connectivity index (χ2v) is 6.36. The number of para-hydroxylation sites is 1. The highest BCUT2D eigenvalue weighted by Crippen LogP contribution is 2.20. The van der Waals surface area contributed by atoms with Gasteiger partial charge in [-0.1, -0.05) is 12.1 Å². The van der Waals surface area contributed by atoms with Gasteiger partial charge < -0.3 is 15.2 Å². The molecule has 2 N–H and O–H groups in total. The molecule has 1 aromatic carbocycles. The van der Waals surface area contributed by atoms with E-state index in [4.69, 9.17) is 15.2 Å². The molecule has 0 aromatic heterocycles. The van der Waals surface area contributed by atoms with Crippen LogP contribution in [0.2, 0.25) is 0 Å². The van der Waals surface area contributed by atoms with E-state index in [9.17, 15) is 9.59 Å². The molecular weight excluding hydrogens is 277 g/mol. The molecule has 5 nitrogen and oxygen atoms in total. The van der Waals surface area contributed by atoms with E-state index < -0.39 is 25.5 Å². The van der Waals surface area contributed by atoms with Crippen LogP contribution in [0.25, 0.3) is 0 Å². The first-order valence-electron chi connectivity index (χ1n) is 6.20. The summed E-state index contributed by atoms with van der Waals surface area (Å²) in [6.45, 7) is 3.89. The summed E-state index contributed by atoms with van der Waals surface area (Å²) >= 11 is 0. The van der Waals surface area contributed by atoms with Crippen LogP contribution < -0.4 is 10.5 Å². The molecular formula is C14H19NO4P+. The fraction of sp³-hybridized carbons (Fsp3) is 0.357. The Kier molecular flexibility index (Phi) is 6.36. The number of nitrogens with two attached hydrogens (primary N) is 1. The smallest absolute Gasteiger partial charge is 0.341 e. The number of benzene rings is 1. The Bertz CT molecular complexity index is 516. The molecule has 0 spiro atoms. The number of hydrogen-bond donors (Lipinski definition) is 1. The van der Waals surface area contributed by atoms with Crippen LogP contribution in [-0.2, 0) is 9.53 Å². The Hall–Kier alpha value is -1.71. The van der Waals surface area contributed by atoms with Gasteiger partial charge in [0.05, 0.1) is 27.1 Å². The molecule has 0 heterocycles. The molecule has 0 fully saturated rings. The molecule has 20 heavy (non-hydrogen) atoms. The molecule has 108 valence electrons. The van der Waals surface area contributed by atoms with Crippen LogP contribution >= 0.6 is 7.55 Å². The zero-order valence-electron chi connectivity index (χ0n) is 11.7. The van der Waals surface area contributed by atoms with Gasteiger partial charge in [-0.2, -0.15) is 0 Å². The highest BCUT2D eigenvalue weighted by molar-refractivity contribution is 7.55. The Balaban J connectivity index is 2.84. The number of carbonyl (C=O) groups excluding carboxylic acids is 2. The lowest BCUT2D eigenvalue weighted by Crippen LogP contribution is -2.36. The van der Waals surface area contributed by atoms with Gasteiger partial charge in [0.2, 0.25) is 0 Å². The second kappa shape index (κ2) is 7.78. The zero-order valence-corrected chi connectivity index (χ0v) is 12.6. The molecule has 2 unspecified atom stereocenters. The van der Waals surface area contributed by atoms with Crippen LogP contribution in [0.15, 0.2) is 24.3 Å². The first kappa shape index (κ1) is 16.3. The first-order chi connectivity index (χ1) is 9.45. The lowest BCUT2D eigenvalue weighted by Gasteiger charge is -2.11. The molecule has 0 aliphatic heterocycles. The van der Waals surface area contributed by atoms with Gasteiger partial charge in [0.15, 0.2) is 0 Å². The Morgan fingerprint density at radius 2 is 2.05 bits per heavy atom. The minimum absolute atomic E-state index is 0.163. The minimum atomic E-state index is -0.737. The van der Waals surface area contributed by atoms with Gasteiger partial charge in [0, 0.05) is 0 Å². The van der Waals surface area contributed by atoms with Crippen molar-refractivity contribution in [3.8, 4) is 5.75 Å². The van der Waals surface area contributed by atoms with Crippen LogP contribution in [0.1, 0.15) is 17.3 Å². The van der Waals surface area contributed by atoms with Crippen molar-refractivity contribution in [1.82, 2.24) is 0 Å². The zero-order chi connectivity index (χ0) is 15.1. The normalized spacial score (nSPS) is 12.4. The number of rotatable bonds is 6. The van der Waals surface area contributed by atoms with Crippen LogP contribution in [0, 0.1) is 0 Å². The number of ether oxygens (including phenoxy) is 2. The fourth-order valence-electron chi connectivity index (χ4n) is 1.53. The monoisotopic (exact) mass is 296 g/mol. The van der Waals surface area contributed by atoms with E-state index in [1.54, 1.807) is 25.1 Å². The van der Waals surface area contributed by atoms with Gasteiger partial charge in [0.25, 0.3) is 0 Å². The Morgan fingerprint density at radius 3 is 2.65 bits per heavy atom. The van der Waals surface area contributed by atoms with Crippen LogP contribution in [0.5, 0.6) is 5.75 Å². The SMILES string of the molecule is C=[P+](C)CC(N)C(=O)Oc1ccccc1C(=O)OCC. The Labute approximate surface area is 119 Å². The van der Waals surface area contributed by atoms with E-state index in [0.29, 0.717) is 6.16 Å². The average molecular weight is 296 g/mol. The van der Waals surface area contributed by atoms with Crippen molar-refractivity contribution in [1.29, 1.82) is 0 Å². The molecule has 2 atom stereocenters. The highest BCUT2D eigenvalue weighted by atomic mass is 31.1. The van der Waals surface area contributed by atoms with Crippen molar-refractivity contribution in [3.63, 3.8) is 0 Å². The van der Waals surface area contributed by atoms with Crippen LogP contribution in [0.4, 0.5) is 0 Å². The summed E-state index contributed by atoms with van der Waals surface area (Å²) < 4.78 is 10.1. The maximum Gasteiger partial charge on any atom is 0.341 e. The number of hydrogen-bond acceptors (Lipinski definition) is 5. The summed E-state index contributed by atoms with van der Waals surface area (Å²) in [5, 5.41) is 0. The van der Waals surface area contributed by atoms with E-state index >= 15 is 0 Å². The lowest BCUT2D eigenvalue weighted by molar-refractivity contribution is -0.135. The summed E-state index contributed by atoms with van der Waals surface area (Å²) in [7, 11) is -0.540. The van der Waals surface area contributed by atoms with Gasteiger partial charge in [0.1, 0.15) is 23.5 Å². The third-order valence-corrected chi connectivity index (χ3v) is 3.42. The van der Waals surface area contributed by atoms with E-state index in [0.717, 1.165) is 0 Å². The van der Waals surface area contributed by atoms with Gasteiger partial charge in [-0.05, 0) is 19.1 Å². The molecule has 0 amide bonds. The molecule has 0 radical (unpaired) electrons. The molecule has 0 aliphatic rings. The highest BCUT2D eigenvalue weighted by Gasteiger charge is 2.23. The van der Waals surface area contributed by atoms with Gasteiger partial charge in [-0.15, -0.1) is 0 Å². The largest absolute Gasteiger partial charge is 0.462 e. The molecule has 0 aliphatic carbocycles. The summed E-state index contributed by atoms with van der Waals surface area (Å²) in [6, 6.07) is 5.69. The predicted molar refractivity (Wildman–Crippen MR) is 80.8 cm³/mol. The van der Waals surface area contributed by atoms with Crippen molar-refractivity contribution in [2.45, 2.75) is 13.0 Å². The van der Waals surface area contributed by atoms with Gasteiger partial charge in [-0.3, -0.25) is 0 Å². The lowest BCUT2D eigenvalue weighted by atomic mass is 10.2. The maximum absolute atomic E-state index is 11.9. The maximum atomic E-state index is 11.9. The third kappa shape index (κ3) is 4.76. The summed E-state index contributed by atoms with van der Waals surface area (Å²) in [5.41, 5.74) is 5.95. The number of esters is 2. The molecule has 0 bridgehead atoms. The average Bonchev–Trinajstić information content (AvgIpc) is 2.38. The van der Waals surface area contributed by atoms with Gasteiger partial charge >= 0.3 is 11.9 Å². The molecule has 0 saturated heterocycles. The standard InChI is InChI=1S/C14H19NO4P/c1-4-18-13(16)10-7-5-6-8-12(10)19-14(17)11(15)9-20(2)3/h5-8,11H,2,4,9,15H2,1,3H3/q+1. The van der Waals surface area contributed by atoms with E-state index in [1.807, 2.05) is 6.66 Å². The van der Waals surface area contributed by atoms with Crippen molar-refractivity contribution in [3.05, 3.63) is 29.8 Å². The van der Waals surface area contributed by atoms with Crippen molar-refractivity contribution in [2.24, 2.45) is 5.73 Å². The van der Waals surface area contributed by atoms with E-state index in [-0.39, 0.29) is 17.9 Å². The molecule has 6 heteroatoms. The van der Waals surface area contributed by atoms with E-state index in [2.05, 4.69) is 6.30 Å². The third-order valence-electron chi connectivity index (χ3n) is 2.40. The van der Waals surface area contributed by atoms with Crippen molar-refractivity contribution in [2.75, 3.05) is 19.4 Å². The molecule has 1 aromatic rings. The number of carbonyl (C=O) groups is 2. The Morgan fingerprint density at radius 1 is 1.40 bits per heavy atom. The quantitative estimate of drug-likeness (QED) is 0.490. The summed E-state index contributed by atoms with van der Waals surface area (Å²) in [6.07, 6.45) is 4.32. The topological polar surface area (TPSA) is 78.6 Å².